The maximum Gasteiger partial charge on any atom is 0.0797 e. The Bertz CT molecular complexity index is 439. The van der Waals surface area contributed by atoms with Gasteiger partial charge in [-0.25, -0.2) is 4.98 Å². The number of thiazole rings is 1. The van der Waals surface area contributed by atoms with Crippen LogP contribution < -0.4 is 5.32 Å². The maximum absolute atomic E-state index is 4.25. The molecule has 2 rings (SSSR count). The molecule has 0 atom stereocenters. The average molecular weight is 247 g/mol. The molecule has 0 radical (unpaired) electrons. The summed E-state index contributed by atoms with van der Waals surface area (Å²) in [5, 5.41) is 3.46. The molecule has 0 saturated heterocycles. The quantitative estimate of drug-likeness (QED) is 0.795. The first-order valence-corrected chi connectivity index (χ1v) is 6.73. The van der Waals surface area contributed by atoms with E-state index in [2.05, 4.69) is 34.3 Å². The van der Waals surface area contributed by atoms with Crippen LogP contribution in [0, 0.1) is 6.92 Å². The van der Waals surface area contributed by atoms with Gasteiger partial charge in [0, 0.05) is 23.8 Å². The lowest BCUT2D eigenvalue weighted by molar-refractivity contribution is 0.683. The zero-order valence-corrected chi connectivity index (χ0v) is 10.8. The van der Waals surface area contributed by atoms with Crippen LogP contribution in [0.25, 0.3) is 0 Å². The molecule has 0 aliphatic heterocycles. The molecule has 4 heteroatoms. The molecule has 0 unspecified atom stereocenters. The van der Waals surface area contributed by atoms with Gasteiger partial charge in [0.2, 0.25) is 0 Å². The highest BCUT2D eigenvalue weighted by Gasteiger charge is 2.00. The Hall–Kier alpha value is -1.26. The van der Waals surface area contributed by atoms with Gasteiger partial charge in [-0.2, -0.15) is 0 Å². The number of aryl methyl sites for hydroxylation is 1. The SMILES string of the molecule is Cc1ncsc1CCNCCc1ccncc1. The van der Waals surface area contributed by atoms with Gasteiger partial charge in [0.1, 0.15) is 0 Å². The standard InChI is InChI=1S/C13H17N3S/c1-11-13(17-10-16-11)5-9-15-8-4-12-2-6-14-7-3-12/h2-3,6-7,10,15H,4-5,8-9H2,1H3. The number of rotatable bonds is 6. The zero-order valence-electron chi connectivity index (χ0n) is 10.0. The van der Waals surface area contributed by atoms with E-state index in [4.69, 9.17) is 0 Å². The summed E-state index contributed by atoms with van der Waals surface area (Å²) in [6.07, 6.45) is 5.82. The fraction of sp³-hybridized carbons (Fsp3) is 0.385. The van der Waals surface area contributed by atoms with Crippen molar-refractivity contribution < 1.29 is 0 Å². The fourth-order valence-corrected chi connectivity index (χ4v) is 2.46. The molecular formula is C13H17N3S. The van der Waals surface area contributed by atoms with E-state index in [9.17, 15) is 0 Å². The molecular weight excluding hydrogens is 230 g/mol. The molecule has 0 bridgehead atoms. The molecule has 3 nitrogen and oxygen atoms in total. The van der Waals surface area contributed by atoms with Gasteiger partial charge in [0.25, 0.3) is 0 Å². The highest BCUT2D eigenvalue weighted by molar-refractivity contribution is 7.09. The first-order chi connectivity index (χ1) is 8.36. The number of nitrogens with zero attached hydrogens (tertiary/aromatic N) is 2. The lowest BCUT2D eigenvalue weighted by Crippen LogP contribution is -2.20. The third kappa shape index (κ3) is 3.91. The average Bonchev–Trinajstić information content (AvgIpc) is 2.76. The molecule has 2 aromatic rings. The van der Waals surface area contributed by atoms with Crippen molar-refractivity contribution in [1.82, 2.24) is 15.3 Å². The van der Waals surface area contributed by atoms with Crippen molar-refractivity contribution in [3.05, 3.63) is 46.2 Å². The third-order valence-electron chi connectivity index (χ3n) is 2.71. The normalized spacial score (nSPS) is 10.6. The molecule has 90 valence electrons. The summed E-state index contributed by atoms with van der Waals surface area (Å²) in [5.41, 5.74) is 4.43. The number of hydrogen-bond donors (Lipinski definition) is 1. The van der Waals surface area contributed by atoms with Crippen LogP contribution in [0.1, 0.15) is 16.1 Å². The Kier molecular flexibility index (Phi) is 4.64. The summed E-state index contributed by atoms with van der Waals surface area (Å²) in [7, 11) is 0. The monoisotopic (exact) mass is 247 g/mol. The predicted molar refractivity (Wildman–Crippen MR) is 71.4 cm³/mol. The van der Waals surface area contributed by atoms with E-state index in [0.717, 1.165) is 25.9 Å². The van der Waals surface area contributed by atoms with Crippen molar-refractivity contribution >= 4 is 11.3 Å². The lowest BCUT2D eigenvalue weighted by atomic mass is 10.2. The Morgan fingerprint density at radius 3 is 2.65 bits per heavy atom. The van der Waals surface area contributed by atoms with Gasteiger partial charge in [-0.1, -0.05) is 0 Å². The van der Waals surface area contributed by atoms with E-state index in [1.54, 1.807) is 11.3 Å². The first kappa shape index (κ1) is 12.2. The minimum absolute atomic E-state index is 1.02. The van der Waals surface area contributed by atoms with E-state index >= 15 is 0 Å². The van der Waals surface area contributed by atoms with Crippen LogP contribution >= 0.6 is 11.3 Å². The van der Waals surface area contributed by atoms with E-state index in [0.29, 0.717) is 0 Å². The molecule has 0 spiro atoms. The maximum atomic E-state index is 4.25. The minimum Gasteiger partial charge on any atom is -0.316 e. The summed E-state index contributed by atoms with van der Waals surface area (Å²) in [6.45, 7) is 4.11. The molecule has 17 heavy (non-hydrogen) atoms. The molecule has 1 N–H and O–H groups in total. The van der Waals surface area contributed by atoms with Crippen LogP contribution in [0.4, 0.5) is 0 Å². The smallest absolute Gasteiger partial charge is 0.0797 e. The van der Waals surface area contributed by atoms with Crippen molar-refractivity contribution in [3.63, 3.8) is 0 Å². The highest BCUT2D eigenvalue weighted by Crippen LogP contribution is 2.11. The van der Waals surface area contributed by atoms with E-state index in [-0.39, 0.29) is 0 Å². The zero-order chi connectivity index (χ0) is 11.9. The minimum atomic E-state index is 1.02. The van der Waals surface area contributed by atoms with Crippen LogP contribution in [-0.4, -0.2) is 23.1 Å². The van der Waals surface area contributed by atoms with E-state index < -0.39 is 0 Å². The molecule has 0 amide bonds. The summed E-state index contributed by atoms with van der Waals surface area (Å²) < 4.78 is 0. The van der Waals surface area contributed by atoms with Gasteiger partial charge in [-0.05, 0) is 44.0 Å². The number of nitrogens with one attached hydrogen (secondary N) is 1. The fourth-order valence-electron chi connectivity index (χ4n) is 1.68. The van der Waals surface area contributed by atoms with Crippen LogP contribution in [0.15, 0.2) is 30.0 Å². The number of pyridine rings is 1. The predicted octanol–water partition coefficient (Wildman–Crippen LogP) is 2.22. The molecule has 0 aliphatic carbocycles. The summed E-state index contributed by atoms with van der Waals surface area (Å²) in [4.78, 5) is 9.64. The molecule has 0 saturated carbocycles. The molecule has 0 aliphatic rings. The molecule has 2 aromatic heterocycles. The Labute approximate surface area is 106 Å². The van der Waals surface area contributed by atoms with Gasteiger partial charge in [-0.3, -0.25) is 4.98 Å². The molecule has 0 fully saturated rings. The number of hydrogen-bond acceptors (Lipinski definition) is 4. The van der Waals surface area contributed by atoms with Crippen LogP contribution in [-0.2, 0) is 12.8 Å². The van der Waals surface area contributed by atoms with Gasteiger partial charge in [0.05, 0.1) is 11.2 Å². The van der Waals surface area contributed by atoms with Crippen LogP contribution in [0.2, 0.25) is 0 Å². The summed E-state index contributed by atoms with van der Waals surface area (Å²) in [6, 6.07) is 4.13. The van der Waals surface area contributed by atoms with Crippen molar-refractivity contribution in [2.45, 2.75) is 19.8 Å². The third-order valence-corrected chi connectivity index (χ3v) is 3.71. The van der Waals surface area contributed by atoms with Gasteiger partial charge in [-0.15, -0.1) is 11.3 Å². The van der Waals surface area contributed by atoms with Crippen molar-refractivity contribution in [2.75, 3.05) is 13.1 Å². The summed E-state index contributed by atoms with van der Waals surface area (Å²) in [5.74, 6) is 0. The van der Waals surface area contributed by atoms with Gasteiger partial charge < -0.3 is 5.32 Å². The Balaban J connectivity index is 1.63. The molecule has 2 heterocycles. The first-order valence-electron chi connectivity index (χ1n) is 5.85. The second-order valence-electron chi connectivity index (χ2n) is 3.97. The topological polar surface area (TPSA) is 37.8 Å². The van der Waals surface area contributed by atoms with E-state index in [1.165, 1.54) is 16.1 Å². The molecule has 0 aromatic carbocycles. The van der Waals surface area contributed by atoms with Gasteiger partial charge in [0.15, 0.2) is 0 Å². The van der Waals surface area contributed by atoms with Gasteiger partial charge >= 0.3 is 0 Å². The van der Waals surface area contributed by atoms with Crippen LogP contribution in [0.5, 0.6) is 0 Å². The van der Waals surface area contributed by atoms with Crippen LogP contribution in [0.3, 0.4) is 0 Å². The Morgan fingerprint density at radius 1 is 1.18 bits per heavy atom. The second kappa shape index (κ2) is 6.47. The van der Waals surface area contributed by atoms with Crippen molar-refractivity contribution in [2.24, 2.45) is 0 Å². The Morgan fingerprint density at radius 2 is 1.94 bits per heavy atom. The second-order valence-corrected chi connectivity index (χ2v) is 4.91. The summed E-state index contributed by atoms with van der Waals surface area (Å²) >= 11 is 1.74. The highest BCUT2D eigenvalue weighted by atomic mass is 32.1. The van der Waals surface area contributed by atoms with Crippen molar-refractivity contribution in [3.8, 4) is 0 Å². The van der Waals surface area contributed by atoms with Crippen molar-refractivity contribution in [1.29, 1.82) is 0 Å². The lowest BCUT2D eigenvalue weighted by Gasteiger charge is -2.04. The number of aromatic nitrogens is 2. The van der Waals surface area contributed by atoms with E-state index in [1.807, 2.05) is 17.9 Å². The largest absolute Gasteiger partial charge is 0.316 e.